The van der Waals surface area contributed by atoms with E-state index in [1.807, 2.05) is 54.6 Å². The number of para-hydroxylation sites is 1. The summed E-state index contributed by atoms with van der Waals surface area (Å²) in [6.45, 7) is -0.300. The van der Waals surface area contributed by atoms with Gasteiger partial charge >= 0.3 is 7.82 Å². The van der Waals surface area contributed by atoms with E-state index in [0.29, 0.717) is 12.1 Å². The third-order valence-electron chi connectivity index (χ3n) is 3.88. The van der Waals surface area contributed by atoms with Gasteiger partial charge in [-0.1, -0.05) is 48.5 Å². The van der Waals surface area contributed by atoms with Gasteiger partial charge in [0.25, 0.3) is 5.91 Å². The fraction of sp³-hybridized carbons (Fsp3) is 0.167. The minimum atomic E-state index is -4.62. The number of hydrogen-bond donors (Lipinski definition) is 4. The lowest BCUT2D eigenvalue weighted by Crippen LogP contribution is -2.39. The van der Waals surface area contributed by atoms with Gasteiger partial charge in [-0.25, -0.2) is 4.57 Å². The Morgan fingerprint density at radius 3 is 2.50 bits per heavy atom. The van der Waals surface area contributed by atoms with Crippen LogP contribution in [0, 0.1) is 0 Å². The lowest BCUT2D eigenvalue weighted by Gasteiger charge is -2.19. The summed E-state index contributed by atoms with van der Waals surface area (Å²) in [6, 6.07) is 18.0. The van der Waals surface area contributed by atoms with Crippen LogP contribution in [-0.2, 0) is 15.5 Å². The minimum Gasteiger partial charge on any atom is -0.351 e. The first-order valence-electron chi connectivity index (χ1n) is 8.03. The lowest BCUT2D eigenvalue weighted by molar-refractivity contribution is 0.0905. The van der Waals surface area contributed by atoms with Crippen LogP contribution in [-0.4, -0.2) is 33.3 Å². The topological polar surface area (TPSA) is 112 Å². The van der Waals surface area contributed by atoms with Gasteiger partial charge in [0, 0.05) is 10.9 Å². The van der Waals surface area contributed by atoms with Crippen molar-refractivity contribution >= 4 is 24.6 Å². The average Bonchev–Trinajstić information content (AvgIpc) is 3.04. The van der Waals surface area contributed by atoms with Gasteiger partial charge in [-0.2, -0.15) is 0 Å². The Balaban J connectivity index is 1.74. The van der Waals surface area contributed by atoms with E-state index < -0.39 is 13.9 Å². The number of fused-ring (bicyclic) bond motifs is 1. The molecular weight excluding hydrogens is 355 g/mol. The highest BCUT2D eigenvalue weighted by Crippen LogP contribution is 2.35. The molecule has 3 aromatic rings. The maximum Gasteiger partial charge on any atom is 0.469 e. The number of phosphoric ester groups is 1. The van der Waals surface area contributed by atoms with Crippen molar-refractivity contribution in [1.82, 2.24) is 10.3 Å². The molecule has 8 heteroatoms. The van der Waals surface area contributed by atoms with Gasteiger partial charge in [0.2, 0.25) is 0 Å². The zero-order chi connectivity index (χ0) is 18.6. The van der Waals surface area contributed by atoms with Gasteiger partial charge in [-0.15, -0.1) is 0 Å². The third kappa shape index (κ3) is 5.03. The van der Waals surface area contributed by atoms with Crippen molar-refractivity contribution < 1.29 is 23.7 Å². The van der Waals surface area contributed by atoms with E-state index in [2.05, 4.69) is 14.8 Å². The van der Waals surface area contributed by atoms with Crippen LogP contribution < -0.4 is 5.32 Å². The molecular formula is C18H19N2O5P. The van der Waals surface area contributed by atoms with Crippen LogP contribution in [0.3, 0.4) is 0 Å². The third-order valence-corrected chi connectivity index (χ3v) is 4.36. The highest BCUT2D eigenvalue weighted by Gasteiger charge is 2.21. The highest BCUT2D eigenvalue weighted by molar-refractivity contribution is 7.46. The zero-order valence-electron chi connectivity index (χ0n) is 13.8. The van der Waals surface area contributed by atoms with Gasteiger partial charge in [0.05, 0.1) is 12.6 Å². The number of aromatic amines is 1. The number of aromatic nitrogens is 1. The summed E-state index contributed by atoms with van der Waals surface area (Å²) in [5.74, 6) is -0.364. The van der Waals surface area contributed by atoms with Gasteiger partial charge in [-0.05, 0) is 24.1 Å². The maximum absolute atomic E-state index is 12.5. The second kappa shape index (κ2) is 7.85. The van der Waals surface area contributed by atoms with Crippen molar-refractivity contribution in [3.63, 3.8) is 0 Å². The van der Waals surface area contributed by atoms with Crippen molar-refractivity contribution in [1.29, 1.82) is 0 Å². The molecule has 2 aromatic carbocycles. The van der Waals surface area contributed by atoms with Crippen molar-refractivity contribution in [2.24, 2.45) is 0 Å². The number of carbonyl (C=O) groups is 1. The van der Waals surface area contributed by atoms with Gasteiger partial charge in [0.15, 0.2) is 0 Å². The Morgan fingerprint density at radius 1 is 1.12 bits per heavy atom. The first-order chi connectivity index (χ1) is 12.4. The molecule has 0 spiro atoms. The zero-order valence-corrected chi connectivity index (χ0v) is 14.7. The van der Waals surface area contributed by atoms with Crippen LogP contribution in [0.5, 0.6) is 0 Å². The number of rotatable bonds is 7. The molecule has 26 heavy (non-hydrogen) atoms. The molecule has 136 valence electrons. The molecule has 1 atom stereocenters. The summed E-state index contributed by atoms with van der Waals surface area (Å²) in [4.78, 5) is 33.5. The van der Waals surface area contributed by atoms with Gasteiger partial charge in [-0.3, -0.25) is 9.32 Å². The Labute approximate surface area is 150 Å². The van der Waals surface area contributed by atoms with Crippen LogP contribution >= 0.6 is 7.82 Å². The Morgan fingerprint density at radius 2 is 1.81 bits per heavy atom. The van der Waals surface area contributed by atoms with Crippen molar-refractivity contribution in [2.45, 2.75) is 12.5 Å². The number of phosphoric acid groups is 1. The molecule has 0 fully saturated rings. The molecule has 1 aromatic heterocycles. The summed E-state index contributed by atoms with van der Waals surface area (Å²) in [6.07, 6.45) is 0.382. The van der Waals surface area contributed by atoms with Gasteiger partial charge < -0.3 is 20.1 Å². The molecule has 0 saturated heterocycles. The second-order valence-corrected chi connectivity index (χ2v) is 7.16. The summed E-state index contributed by atoms with van der Waals surface area (Å²) >= 11 is 0. The van der Waals surface area contributed by atoms with Gasteiger partial charge in [0.1, 0.15) is 5.69 Å². The molecule has 0 aliphatic carbocycles. The van der Waals surface area contributed by atoms with Crippen LogP contribution in [0.1, 0.15) is 16.1 Å². The van der Waals surface area contributed by atoms with Crippen molar-refractivity contribution in [3.8, 4) is 0 Å². The fourth-order valence-electron chi connectivity index (χ4n) is 2.70. The van der Waals surface area contributed by atoms with E-state index in [1.165, 1.54) is 0 Å². The van der Waals surface area contributed by atoms with E-state index >= 15 is 0 Å². The molecule has 3 rings (SSSR count). The molecule has 7 nitrogen and oxygen atoms in total. The Hall–Kier alpha value is -2.44. The lowest BCUT2D eigenvalue weighted by atomic mass is 10.1. The average molecular weight is 374 g/mol. The number of H-pyrrole nitrogens is 1. The summed E-state index contributed by atoms with van der Waals surface area (Å²) in [7, 11) is -4.62. The molecule has 0 bridgehead atoms. The molecule has 4 N–H and O–H groups in total. The molecule has 0 aliphatic rings. The fourth-order valence-corrected chi connectivity index (χ4v) is 3.07. The predicted octanol–water partition coefficient (Wildman–Crippen LogP) is 2.62. The second-order valence-electron chi connectivity index (χ2n) is 5.92. The number of amides is 1. The van der Waals surface area contributed by atoms with E-state index in [-0.39, 0.29) is 12.5 Å². The van der Waals surface area contributed by atoms with E-state index in [9.17, 15) is 9.36 Å². The van der Waals surface area contributed by atoms with E-state index in [1.54, 1.807) is 6.07 Å². The maximum atomic E-state index is 12.5. The molecule has 0 aliphatic heterocycles. The molecule has 0 radical (unpaired) electrons. The summed E-state index contributed by atoms with van der Waals surface area (Å²) in [5, 5.41) is 3.68. The summed E-state index contributed by atoms with van der Waals surface area (Å²) in [5.41, 5.74) is 2.13. The molecule has 1 heterocycles. The molecule has 1 unspecified atom stereocenters. The van der Waals surface area contributed by atoms with E-state index in [4.69, 9.17) is 9.79 Å². The first-order valence-corrected chi connectivity index (χ1v) is 9.56. The number of nitrogens with one attached hydrogen (secondary N) is 2. The first kappa shape index (κ1) is 18.4. The standard InChI is InChI=1S/C18H19N2O5P/c21-18(17-11-14-8-4-5-9-16(14)20-17)19-15(12-25-26(22,23)24)10-13-6-2-1-3-7-13/h1-9,11,15,20H,10,12H2,(H,19,21)(H2,22,23,24). The SMILES string of the molecule is O=C(NC(COP(=O)(O)O)Cc1ccccc1)c1cc2ccccc2[nH]1. The smallest absolute Gasteiger partial charge is 0.351 e. The minimum absolute atomic E-state index is 0.300. The monoisotopic (exact) mass is 374 g/mol. The highest BCUT2D eigenvalue weighted by atomic mass is 31.2. The van der Waals surface area contributed by atoms with Crippen LogP contribution in [0.4, 0.5) is 0 Å². The molecule has 0 saturated carbocycles. The van der Waals surface area contributed by atoms with E-state index in [0.717, 1.165) is 16.5 Å². The Kier molecular flexibility index (Phi) is 5.54. The van der Waals surface area contributed by atoms with Crippen LogP contribution in [0.2, 0.25) is 0 Å². The van der Waals surface area contributed by atoms with Crippen molar-refractivity contribution in [3.05, 3.63) is 71.9 Å². The molecule has 1 amide bonds. The number of carbonyl (C=O) groups excluding carboxylic acids is 1. The quantitative estimate of drug-likeness (QED) is 0.475. The normalized spacial score (nSPS) is 12.8. The van der Waals surface area contributed by atoms with Crippen LogP contribution in [0.15, 0.2) is 60.7 Å². The largest absolute Gasteiger partial charge is 0.469 e. The predicted molar refractivity (Wildman–Crippen MR) is 97.7 cm³/mol. The number of benzene rings is 2. The van der Waals surface area contributed by atoms with Crippen molar-refractivity contribution in [2.75, 3.05) is 6.61 Å². The summed E-state index contributed by atoms with van der Waals surface area (Å²) < 4.78 is 15.6. The Bertz CT molecular complexity index is 902. The van der Waals surface area contributed by atoms with Crippen LogP contribution in [0.25, 0.3) is 10.9 Å². The number of hydrogen-bond acceptors (Lipinski definition) is 3.